The van der Waals surface area contributed by atoms with Gasteiger partial charge in [0.25, 0.3) is 0 Å². The fourth-order valence-corrected chi connectivity index (χ4v) is 1.83. The monoisotopic (exact) mass is 266 g/mol. The Labute approximate surface area is 108 Å². The van der Waals surface area contributed by atoms with Crippen molar-refractivity contribution in [1.82, 2.24) is 0 Å². The maximum Gasteiger partial charge on any atom is 0.339 e. The van der Waals surface area contributed by atoms with Crippen LogP contribution < -0.4 is 4.74 Å². The summed E-state index contributed by atoms with van der Waals surface area (Å²) in [6.07, 6.45) is 0. The number of carbonyl (C=O) groups is 1. The summed E-state index contributed by atoms with van der Waals surface area (Å²) in [6, 6.07) is 8.22. The highest BCUT2D eigenvalue weighted by Crippen LogP contribution is 2.35. The Hall–Kier alpha value is -1.94. The van der Waals surface area contributed by atoms with Crippen molar-refractivity contribution in [2.45, 2.75) is 0 Å². The summed E-state index contributed by atoms with van der Waals surface area (Å²) in [7, 11) is 0. The summed E-state index contributed by atoms with van der Waals surface area (Å²) >= 11 is 5.55. The van der Waals surface area contributed by atoms with Crippen molar-refractivity contribution in [3.63, 3.8) is 0 Å². The third-order valence-electron chi connectivity index (χ3n) is 2.54. The Balaban J connectivity index is 2.67. The van der Waals surface area contributed by atoms with Gasteiger partial charge in [0, 0.05) is 10.8 Å². The first-order chi connectivity index (χ1) is 8.65. The van der Waals surface area contributed by atoms with Gasteiger partial charge in [0.1, 0.15) is 23.7 Å². The highest BCUT2D eigenvalue weighted by Gasteiger charge is 2.16. The predicted molar refractivity (Wildman–Crippen MR) is 68.8 cm³/mol. The first-order valence-corrected chi connectivity index (χ1v) is 5.85. The van der Waals surface area contributed by atoms with Crippen LogP contribution in [0.5, 0.6) is 11.5 Å². The van der Waals surface area contributed by atoms with Crippen LogP contribution in [0.1, 0.15) is 10.4 Å². The summed E-state index contributed by atoms with van der Waals surface area (Å²) in [4.78, 5) is 11.0. The van der Waals surface area contributed by atoms with Gasteiger partial charge in [-0.25, -0.2) is 4.79 Å². The largest absolute Gasteiger partial charge is 0.506 e. The number of hydrogen-bond donors (Lipinski definition) is 2. The Kier molecular flexibility index (Phi) is 3.58. The third-order valence-corrected chi connectivity index (χ3v) is 2.70. The van der Waals surface area contributed by atoms with Crippen LogP contribution in [0.25, 0.3) is 10.8 Å². The van der Waals surface area contributed by atoms with Gasteiger partial charge in [-0.3, -0.25) is 0 Å². The van der Waals surface area contributed by atoms with Crippen LogP contribution in [0.15, 0.2) is 30.3 Å². The number of carboxylic acids is 1. The Morgan fingerprint density at radius 3 is 2.56 bits per heavy atom. The number of alkyl halides is 1. The molecule has 0 aliphatic heterocycles. The molecular weight excluding hydrogens is 256 g/mol. The number of fused-ring (bicyclic) bond motifs is 1. The summed E-state index contributed by atoms with van der Waals surface area (Å²) < 4.78 is 5.41. The number of phenols is 1. The second-order valence-electron chi connectivity index (χ2n) is 3.66. The molecular formula is C13H11ClO4. The molecule has 0 radical (unpaired) electrons. The zero-order valence-electron chi connectivity index (χ0n) is 9.39. The van der Waals surface area contributed by atoms with E-state index in [0.717, 1.165) is 0 Å². The van der Waals surface area contributed by atoms with Crippen LogP contribution in [0.2, 0.25) is 0 Å². The van der Waals surface area contributed by atoms with Crippen molar-refractivity contribution < 1.29 is 19.7 Å². The van der Waals surface area contributed by atoms with Gasteiger partial charge in [0.15, 0.2) is 0 Å². The van der Waals surface area contributed by atoms with Crippen molar-refractivity contribution in [3.8, 4) is 11.5 Å². The van der Waals surface area contributed by atoms with E-state index in [4.69, 9.17) is 21.4 Å². The molecule has 0 fully saturated rings. The zero-order chi connectivity index (χ0) is 13.1. The first-order valence-electron chi connectivity index (χ1n) is 5.32. The lowest BCUT2D eigenvalue weighted by molar-refractivity contribution is 0.0693. The number of hydrogen-bond acceptors (Lipinski definition) is 3. The minimum Gasteiger partial charge on any atom is -0.506 e. The Morgan fingerprint density at radius 2 is 1.94 bits per heavy atom. The van der Waals surface area contributed by atoms with E-state index in [2.05, 4.69) is 0 Å². The number of rotatable bonds is 4. The fraction of sp³-hybridized carbons (Fsp3) is 0.154. The molecule has 2 N–H and O–H groups in total. The highest BCUT2D eigenvalue weighted by atomic mass is 35.5. The van der Waals surface area contributed by atoms with Crippen molar-refractivity contribution in [2.24, 2.45) is 0 Å². The third kappa shape index (κ3) is 2.19. The number of aromatic carboxylic acids is 1. The topological polar surface area (TPSA) is 66.8 Å². The Morgan fingerprint density at radius 1 is 1.28 bits per heavy atom. The number of carboxylic acid groups (broad SMARTS) is 1. The molecule has 0 unspecified atom stereocenters. The van der Waals surface area contributed by atoms with Gasteiger partial charge in [-0.15, -0.1) is 11.6 Å². The average molecular weight is 267 g/mol. The summed E-state index contributed by atoms with van der Waals surface area (Å²) in [6.45, 7) is 0.273. The SMILES string of the molecule is O=C(O)c1cc(OCCCl)c2ccccc2c1O. The Bertz CT molecular complexity index is 595. The van der Waals surface area contributed by atoms with E-state index < -0.39 is 5.97 Å². The molecule has 2 rings (SSSR count). The lowest BCUT2D eigenvalue weighted by Crippen LogP contribution is -2.02. The average Bonchev–Trinajstić information content (AvgIpc) is 2.38. The number of aromatic hydroxyl groups is 1. The van der Waals surface area contributed by atoms with Crippen LogP contribution in [-0.2, 0) is 0 Å². The van der Waals surface area contributed by atoms with E-state index >= 15 is 0 Å². The molecule has 0 saturated heterocycles. The molecule has 0 heterocycles. The van der Waals surface area contributed by atoms with E-state index in [1.54, 1.807) is 24.3 Å². The normalized spacial score (nSPS) is 10.5. The second-order valence-corrected chi connectivity index (χ2v) is 4.04. The molecule has 0 aromatic heterocycles. The van der Waals surface area contributed by atoms with Gasteiger partial charge in [-0.05, 0) is 6.07 Å². The van der Waals surface area contributed by atoms with Gasteiger partial charge in [-0.2, -0.15) is 0 Å². The minimum atomic E-state index is -1.20. The molecule has 2 aromatic rings. The van der Waals surface area contributed by atoms with Crippen LogP contribution >= 0.6 is 11.6 Å². The van der Waals surface area contributed by atoms with Crippen LogP contribution in [0.4, 0.5) is 0 Å². The first kappa shape index (κ1) is 12.5. The summed E-state index contributed by atoms with van der Waals surface area (Å²) in [5, 5.41) is 20.0. The molecule has 18 heavy (non-hydrogen) atoms. The van der Waals surface area contributed by atoms with E-state index in [-0.39, 0.29) is 17.9 Å². The van der Waals surface area contributed by atoms with Crippen molar-refractivity contribution in [2.75, 3.05) is 12.5 Å². The lowest BCUT2D eigenvalue weighted by Gasteiger charge is -2.11. The molecule has 4 nitrogen and oxygen atoms in total. The molecule has 94 valence electrons. The van der Waals surface area contributed by atoms with Crippen molar-refractivity contribution >= 4 is 28.3 Å². The second kappa shape index (κ2) is 5.14. The van der Waals surface area contributed by atoms with Crippen molar-refractivity contribution in [1.29, 1.82) is 0 Å². The molecule has 0 aliphatic carbocycles. The van der Waals surface area contributed by atoms with E-state index in [0.29, 0.717) is 22.4 Å². The molecule has 5 heteroatoms. The highest BCUT2D eigenvalue weighted by molar-refractivity contribution is 6.18. The van der Waals surface area contributed by atoms with Crippen LogP contribution in [-0.4, -0.2) is 28.7 Å². The summed E-state index contributed by atoms with van der Waals surface area (Å²) in [5.74, 6) is -0.746. The fourth-order valence-electron chi connectivity index (χ4n) is 1.76. The predicted octanol–water partition coefficient (Wildman–Crippen LogP) is 2.86. The maximum absolute atomic E-state index is 11.0. The number of ether oxygens (including phenoxy) is 1. The molecule has 0 aliphatic rings. The van der Waals surface area contributed by atoms with Gasteiger partial charge < -0.3 is 14.9 Å². The molecule has 0 saturated carbocycles. The summed E-state index contributed by atoms with van der Waals surface area (Å²) in [5.41, 5.74) is -0.182. The van der Waals surface area contributed by atoms with Gasteiger partial charge in [0.05, 0.1) is 5.88 Å². The van der Waals surface area contributed by atoms with E-state index in [1.165, 1.54) is 6.07 Å². The molecule has 0 atom stereocenters. The minimum absolute atomic E-state index is 0.182. The van der Waals surface area contributed by atoms with Crippen LogP contribution in [0.3, 0.4) is 0 Å². The molecule has 0 bridgehead atoms. The number of halogens is 1. The molecule has 0 amide bonds. The van der Waals surface area contributed by atoms with Gasteiger partial charge in [0.2, 0.25) is 0 Å². The smallest absolute Gasteiger partial charge is 0.339 e. The molecule has 2 aromatic carbocycles. The van der Waals surface area contributed by atoms with Gasteiger partial charge >= 0.3 is 5.97 Å². The van der Waals surface area contributed by atoms with Crippen LogP contribution in [0, 0.1) is 0 Å². The number of benzene rings is 2. The van der Waals surface area contributed by atoms with Gasteiger partial charge in [-0.1, -0.05) is 24.3 Å². The van der Waals surface area contributed by atoms with Crippen molar-refractivity contribution in [3.05, 3.63) is 35.9 Å². The zero-order valence-corrected chi connectivity index (χ0v) is 10.1. The van der Waals surface area contributed by atoms with E-state index in [1.807, 2.05) is 0 Å². The van der Waals surface area contributed by atoms with E-state index in [9.17, 15) is 9.90 Å². The maximum atomic E-state index is 11.0. The lowest BCUT2D eigenvalue weighted by atomic mass is 10.0. The molecule has 0 spiro atoms. The quantitative estimate of drug-likeness (QED) is 0.835. The standard InChI is InChI=1S/C13H11ClO4/c14-5-6-18-11-7-10(13(16)17)12(15)9-4-2-1-3-8(9)11/h1-4,7,15H,5-6H2,(H,16,17).